The van der Waals surface area contributed by atoms with Crippen LogP contribution in [-0.4, -0.2) is 56.3 Å². The van der Waals surface area contributed by atoms with Gasteiger partial charge in [-0.15, -0.1) is 0 Å². The topological polar surface area (TPSA) is 103 Å². The number of halogens is 1. The van der Waals surface area contributed by atoms with Crippen LogP contribution in [-0.2, 0) is 16.5 Å². The third-order valence-electron chi connectivity index (χ3n) is 5.98. The van der Waals surface area contributed by atoms with Crippen molar-refractivity contribution in [3.8, 4) is 0 Å². The summed E-state index contributed by atoms with van der Waals surface area (Å²) >= 11 is 12.4. The molecular formula is C23H26ClN8OPS. The lowest BCUT2D eigenvalue weighted by atomic mass is 10.1. The van der Waals surface area contributed by atoms with E-state index in [-0.39, 0.29) is 0 Å². The molecule has 3 aromatic heterocycles. The van der Waals surface area contributed by atoms with Crippen molar-refractivity contribution < 1.29 is 4.74 Å². The average Bonchev–Trinajstić information content (AvgIpc) is 3.20. The molecule has 4 aromatic rings. The van der Waals surface area contributed by atoms with Gasteiger partial charge in [-0.25, -0.2) is 4.98 Å². The Kier molecular flexibility index (Phi) is 6.72. The first-order valence-corrected chi connectivity index (χ1v) is 15.4. The van der Waals surface area contributed by atoms with Gasteiger partial charge < -0.3 is 15.4 Å². The summed E-state index contributed by atoms with van der Waals surface area (Å²) in [4.78, 5) is 18.0. The summed E-state index contributed by atoms with van der Waals surface area (Å²) in [5.41, 5.74) is 4.30. The maximum atomic E-state index is 6.48. The second kappa shape index (κ2) is 9.78. The molecule has 1 aliphatic rings. The molecule has 0 radical (unpaired) electrons. The van der Waals surface area contributed by atoms with Gasteiger partial charge in [-0.05, 0) is 51.3 Å². The van der Waals surface area contributed by atoms with Crippen LogP contribution in [0.3, 0.4) is 0 Å². The van der Waals surface area contributed by atoms with Crippen molar-refractivity contribution in [3.63, 3.8) is 0 Å². The monoisotopic (exact) mass is 528 g/mol. The molecular weight excluding hydrogens is 503 g/mol. The lowest BCUT2D eigenvalue weighted by molar-refractivity contribution is 0.0657. The number of nitrogens with one attached hydrogen (secondary N) is 2. The van der Waals surface area contributed by atoms with E-state index >= 15 is 0 Å². The van der Waals surface area contributed by atoms with Crippen LogP contribution >= 0.6 is 17.6 Å². The number of hydrogen-bond donors (Lipinski definition) is 2. The van der Waals surface area contributed by atoms with Crippen molar-refractivity contribution in [1.29, 1.82) is 0 Å². The summed E-state index contributed by atoms with van der Waals surface area (Å²) in [6, 6.07) is 2.31. The molecule has 0 atom stereocenters. The first-order chi connectivity index (χ1) is 16.8. The number of rotatable bonds is 6. The lowest BCUT2D eigenvalue weighted by Gasteiger charge is -2.23. The van der Waals surface area contributed by atoms with E-state index in [0.717, 1.165) is 59.5 Å². The molecule has 2 N–H and O–H groups in total. The first kappa shape index (κ1) is 24.1. The zero-order chi connectivity index (χ0) is 24.6. The van der Waals surface area contributed by atoms with E-state index in [1.807, 2.05) is 19.1 Å². The largest absolute Gasteiger partial charge is 0.381 e. The molecule has 1 aliphatic heterocycles. The van der Waals surface area contributed by atoms with Gasteiger partial charge in [-0.3, -0.25) is 14.6 Å². The van der Waals surface area contributed by atoms with Crippen molar-refractivity contribution in [1.82, 2.24) is 29.7 Å². The van der Waals surface area contributed by atoms with Gasteiger partial charge in [0.1, 0.15) is 5.02 Å². The minimum absolute atomic E-state index is 0.335. The molecule has 5 rings (SSSR count). The summed E-state index contributed by atoms with van der Waals surface area (Å²) in [6.07, 6.45) is 8.65. The molecule has 4 heterocycles. The molecule has 1 fully saturated rings. The number of benzene rings is 1. The van der Waals surface area contributed by atoms with E-state index in [2.05, 4.69) is 53.7 Å². The fourth-order valence-corrected chi connectivity index (χ4v) is 6.36. The predicted octanol–water partition coefficient (Wildman–Crippen LogP) is 4.78. The zero-order valence-corrected chi connectivity index (χ0v) is 22.2. The van der Waals surface area contributed by atoms with E-state index in [1.165, 1.54) is 0 Å². The van der Waals surface area contributed by atoms with Crippen LogP contribution in [0, 0.1) is 6.92 Å². The Bertz CT molecular complexity index is 1430. The van der Waals surface area contributed by atoms with Gasteiger partial charge in [-0.1, -0.05) is 23.4 Å². The normalized spacial score (nSPS) is 14.9. The van der Waals surface area contributed by atoms with Crippen LogP contribution in [0.4, 0.5) is 23.1 Å². The van der Waals surface area contributed by atoms with Crippen molar-refractivity contribution in [2.24, 2.45) is 0 Å². The number of hydrogen-bond acceptors (Lipinski definition) is 9. The Hall–Kier alpha value is -2.65. The third kappa shape index (κ3) is 5.02. The third-order valence-corrected chi connectivity index (χ3v) is 8.33. The van der Waals surface area contributed by atoms with Gasteiger partial charge in [0.2, 0.25) is 5.95 Å². The predicted molar refractivity (Wildman–Crippen MR) is 145 cm³/mol. The van der Waals surface area contributed by atoms with Gasteiger partial charge in [-0.2, -0.15) is 10.1 Å². The Labute approximate surface area is 213 Å². The summed E-state index contributed by atoms with van der Waals surface area (Å²) < 4.78 is 7.53. The maximum absolute atomic E-state index is 6.48. The Morgan fingerprint density at radius 1 is 1.06 bits per heavy atom. The standard InChI is InChI=1S/C23H26ClN8OPS/c1-14-19(13-28-32(14)15-6-10-33-11-7-15)30-23-27-12-16(24)22(31-23)29-18-5-4-17-20(26-9-8-25-17)21(18)34(2,3)35/h4-5,8-9,12-13,15H,6-7,10-11H2,1-3H3,(H2,27,29,30,31). The molecule has 0 saturated carbocycles. The fraction of sp³-hybridized carbons (Fsp3) is 0.348. The fourth-order valence-electron chi connectivity index (χ4n) is 4.27. The number of anilines is 4. The van der Waals surface area contributed by atoms with Crippen molar-refractivity contribution >= 4 is 68.9 Å². The van der Waals surface area contributed by atoms with Crippen molar-refractivity contribution in [2.75, 3.05) is 37.2 Å². The molecule has 0 unspecified atom stereocenters. The van der Waals surface area contributed by atoms with E-state index < -0.39 is 6.04 Å². The molecule has 9 nitrogen and oxygen atoms in total. The van der Waals surface area contributed by atoms with Crippen LogP contribution in [0.2, 0.25) is 5.02 Å². The van der Waals surface area contributed by atoms with E-state index in [4.69, 9.17) is 28.1 Å². The van der Waals surface area contributed by atoms with Crippen LogP contribution < -0.4 is 15.9 Å². The molecule has 1 saturated heterocycles. The molecule has 35 heavy (non-hydrogen) atoms. The average molecular weight is 529 g/mol. The second-order valence-corrected chi connectivity index (χ2v) is 15.1. The highest BCUT2D eigenvalue weighted by Gasteiger charge is 2.21. The number of fused-ring (bicyclic) bond motifs is 1. The molecule has 0 bridgehead atoms. The van der Waals surface area contributed by atoms with Gasteiger partial charge >= 0.3 is 0 Å². The molecule has 0 spiro atoms. The molecule has 0 aliphatic carbocycles. The second-order valence-electron chi connectivity index (χ2n) is 8.81. The summed E-state index contributed by atoms with van der Waals surface area (Å²) in [5, 5.41) is 12.6. The first-order valence-electron chi connectivity index (χ1n) is 11.3. The van der Waals surface area contributed by atoms with E-state index in [9.17, 15) is 0 Å². The quantitative estimate of drug-likeness (QED) is 0.342. The van der Waals surface area contributed by atoms with Crippen LogP contribution in [0.1, 0.15) is 24.6 Å². The Morgan fingerprint density at radius 2 is 1.83 bits per heavy atom. The highest BCUT2D eigenvalue weighted by Crippen LogP contribution is 2.41. The molecule has 182 valence electrons. The van der Waals surface area contributed by atoms with Gasteiger partial charge in [0.05, 0.1) is 46.5 Å². The minimum Gasteiger partial charge on any atom is -0.381 e. The maximum Gasteiger partial charge on any atom is 0.229 e. The highest BCUT2D eigenvalue weighted by molar-refractivity contribution is 8.17. The lowest BCUT2D eigenvalue weighted by Crippen LogP contribution is -2.21. The zero-order valence-electron chi connectivity index (χ0n) is 19.7. The number of aromatic nitrogens is 6. The number of nitrogens with zero attached hydrogens (tertiary/aromatic N) is 6. The van der Waals surface area contributed by atoms with E-state index in [0.29, 0.717) is 22.8 Å². The Balaban J connectivity index is 1.45. The summed E-state index contributed by atoms with van der Waals surface area (Å²) in [5.74, 6) is 0.896. The Morgan fingerprint density at radius 3 is 2.60 bits per heavy atom. The van der Waals surface area contributed by atoms with Crippen molar-refractivity contribution in [3.05, 3.63) is 47.6 Å². The highest BCUT2D eigenvalue weighted by atomic mass is 35.5. The van der Waals surface area contributed by atoms with Crippen LogP contribution in [0.5, 0.6) is 0 Å². The van der Waals surface area contributed by atoms with Crippen molar-refractivity contribution in [2.45, 2.75) is 25.8 Å². The van der Waals surface area contributed by atoms with E-state index in [1.54, 1.807) is 24.8 Å². The summed E-state index contributed by atoms with van der Waals surface area (Å²) in [7, 11) is 0. The molecule has 0 amide bonds. The van der Waals surface area contributed by atoms with Gasteiger partial charge in [0.25, 0.3) is 0 Å². The van der Waals surface area contributed by atoms with Crippen LogP contribution in [0.25, 0.3) is 11.0 Å². The smallest absolute Gasteiger partial charge is 0.229 e. The van der Waals surface area contributed by atoms with Gasteiger partial charge in [0, 0.05) is 30.9 Å². The summed E-state index contributed by atoms with van der Waals surface area (Å²) in [6.45, 7) is 7.70. The molecule has 12 heteroatoms. The minimum atomic E-state index is -1.89. The SMILES string of the molecule is Cc1c(Nc2ncc(Cl)c(Nc3ccc4nccnc4c3P(C)(C)=S)n2)cnn1C1CCOCC1. The van der Waals surface area contributed by atoms with Gasteiger partial charge in [0.15, 0.2) is 5.82 Å². The number of ether oxygens (including phenoxy) is 1. The van der Waals surface area contributed by atoms with Crippen LogP contribution in [0.15, 0.2) is 36.9 Å². The molecule has 1 aromatic carbocycles.